The van der Waals surface area contributed by atoms with Gasteiger partial charge < -0.3 is 9.15 Å². The number of rotatable bonds is 16. The lowest BCUT2D eigenvalue weighted by molar-refractivity contribution is -0.0328. The fraction of sp³-hybridized carbons (Fsp3) is 0.533. The van der Waals surface area contributed by atoms with E-state index < -0.39 is 11.1 Å². The topological polar surface area (TPSA) is 52.3 Å². The maximum atomic E-state index is 13.2. The van der Waals surface area contributed by atoms with E-state index in [0.29, 0.717) is 24.3 Å². The molecular formula is C30H38F3NO3S. The maximum Gasteiger partial charge on any atom is 0.446 e. The fourth-order valence-electron chi connectivity index (χ4n) is 4.42. The van der Waals surface area contributed by atoms with Crippen molar-refractivity contribution in [1.29, 1.82) is 0 Å². The highest BCUT2D eigenvalue weighted by Crippen LogP contribution is 2.42. The smallest absolute Gasteiger partial charge is 0.446 e. The molecule has 0 amide bonds. The first-order valence-corrected chi connectivity index (χ1v) is 14.6. The maximum absolute atomic E-state index is 13.2. The average molecular weight is 550 g/mol. The van der Waals surface area contributed by atoms with Crippen LogP contribution in [-0.4, -0.2) is 17.1 Å². The minimum atomic E-state index is -4.47. The molecule has 2 heterocycles. The van der Waals surface area contributed by atoms with E-state index in [0.717, 1.165) is 18.4 Å². The van der Waals surface area contributed by atoms with Crippen molar-refractivity contribution in [2.24, 2.45) is 0 Å². The van der Waals surface area contributed by atoms with Crippen LogP contribution in [0.15, 0.2) is 50.6 Å². The summed E-state index contributed by atoms with van der Waals surface area (Å²) >= 11 is -0.226. The summed E-state index contributed by atoms with van der Waals surface area (Å²) in [5, 5.41) is 0.518. The number of hydrogen-bond acceptors (Lipinski definition) is 5. The number of aromatic nitrogens is 1. The van der Waals surface area contributed by atoms with Gasteiger partial charge in [-0.3, -0.25) is 0 Å². The zero-order valence-corrected chi connectivity index (χ0v) is 23.2. The van der Waals surface area contributed by atoms with Gasteiger partial charge in [0.1, 0.15) is 5.58 Å². The molecule has 0 spiro atoms. The molecule has 0 saturated carbocycles. The highest BCUT2D eigenvalue weighted by Gasteiger charge is 2.31. The molecule has 3 aromatic rings. The predicted octanol–water partition coefficient (Wildman–Crippen LogP) is 9.72. The number of nitrogens with zero attached hydrogens (tertiary/aromatic N) is 1. The summed E-state index contributed by atoms with van der Waals surface area (Å²) in [7, 11) is 0. The highest BCUT2D eigenvalue weighted by molar-refractivity contribution is 8.00. The molecule has 1 aromatic carbocycles. The number of fused-ring (bicyclic) bond motifs is 1. The van der Waals surface area contributed by atoms with Crippen LogP contribution < -0.4 is 10.4 Å². The number of aryl methyl sites for hydroxylation is 1. The molecule has 0 unspecified atom stereocenters. The van der Waals surface area contributed by atoms with E-state index in [2.05, 4.69) is 11.9 Å². The Bertz CT molecular complexity index is 1210. The molecule has 0 N–H and O–H groups in total. The van der Waals surface area contributed by atoms with E-state index in [4.69, 9.17) is 9.15 Å². The Morgan fingerprint density at radius 2 is 1.53 bits per heavy atom. The van der Waals surface area contributed by atoms with Crippen LogP contribution in [-0.2, 0) is 6.42 Å². The number of pyridine rings is 1. The zero-order chi connectivity index (χ0) is 27.4. The summed E-state index contributed by atoms with van der Waals surface area (Å²) in [5.74, 6) is 0.362. The quantitative estimate of drug-likeness (QED) is 0.131. The van der Waals surface area contributed by atoms with E-state index in [1.54, 1.807) is 18.2 Å². The number of alkyl halides is 3. The summed E-state index contributed by atoms with van der Waals surface area (Å²) in [6.45, 7) is 4.63. The van der Waals surface area contributed by atoms with Gasteiger partial charge in [-0.15, -0.1) is 0 Å². The van der Waals surface area contributed by atoms with Crippen molar-refractivity contribution in [2.75, 3.05) is 6.61 Å². The largest absolute Gasteiger partial charge is 0.478 e. The van der Waals surface area contributed by atoms with E-state index >= 15 is 0 Å². The van der Waals surface area contributed by atoms with Gasteiger partial charge in [0, 0.05) is 28.1 Å². The molecule has 4 nitrogen and oxygen atoms in total. The van der Waals surface area contributed by atoms with Crippen LogP contribution in [0.1, 0.15) is 90.0 Å². The van der Waals surface area contributed by atoms with Crippen molar-refractivity contribution >= 4 is 22.7 Å². The SMILES string of the molecule is CCCCCCCCCCCCCOc1cc2oc(=O)c(-c3ccc(CC)cc3SC(F)(F)F)cc2cn1. The molecule has 0 aliphatic carbocycles. The van der Waals surface area contributed by atoms with E-state index in [1.807, 2.05) is 6.92 Å². The van der Waals surface area contributed by atoms with Crippen molar-refractivity contribution in [1.82, 2.24) is 4.98 Å². The van der Waals surface area contributed by atoms with Crippen molar-refractivity contribution in [3.63, 3.8) is 0 Å². The number of benzene rings is 1. The second-order valence-electron chi connectivity index (χ2n) is 9.62. The second kappa shape index (κ2) is 15.2. The Kier molecular flexibility index (Phi) is 12.0. The predicted molar refractivity (Wildman–Crippen MR) is 149 cm³/mol. The van der Waals surface area contributed by atoms with Crippen LogP contribution in [0.25, 0.3) is 22.1 Å². The molecule has 2 aromatic heterocycles. The van der Waals surface area contributed by atoms with Crippen molar-refractivity contribution in [2.45, 2.75) is 101 Å². The molecule has 0 fully saturated rings. The summed E-state index contributed by atoms with van der Waals surface area (Å²) in [5.41, 5.74) is -3.86. The average Bonchev–Trinajstić information content (AvgIpc) is 2.88. The summed E-state index contributed by atoms with van der Waals surface area (Å²) < 4.78 is 50.8. The molecule has 3 rings (SSSR count). The third-order valence-corrected chi connectivity index (χ3v) is 7.35. The van der Waals surface area contributed by atoms with Crippen LogP contribution in [0.2, 0.25) is 0 Å². The number of hydrogen-bond donors (Lipinski definition) is 0. The highest BCUT2D eigenvalue weighted by atomic mass is 32.2. The first kappa shape index (κ1) is 30.1. The lowest BCUT2D eigenvalue weighted by Gasteiger charge is -2.13. The number of thioether (sulfide) groups is 1. The van der Waals surface area contributed by atoms with Crippen molar-refractivity contribution in [3.05, 3.63) is 52.5 Å². The van der Waals surface area contributed by atoms with Gasteiger partial charge in [-0.2, -0.15) is 13.2 Å². The monoisotopic (exact) mass is 549 g/mol. The second-order valence-corrected chi connectivity index (χ2v) is 10.7. The van der Waals surface area contributed by atoms with E-state index in [9.17, 15) is 18.0 Å². The van der Waals surface area contributed by atoms with Crippen molar-refractivity contribution in [3.8, 4) is 17.0 Å². The standard InChI is InChI=1S/C30H38F3NO3S/c1-3-5-6-7-8-9-10-11-12-13-14-17-36-28-20-26-23(21-34-28)19-25(29(35)37-26)24-16-15-22(4-2)18-27(24)38-30(31,32)33/h15-16,18-21H,3-14,17H2,1-2H3. The first-order valence-electron chi connectivity index (χ1n) is 13.8. The van der Waals surface area contributed by atoms with Crippen LogP contribution in [0.3, 0.4) is 0 Å². The van der Waals surface area contributed by atoms with Crippen LogP contribution in [0.4, 0.5) is 13.2 Å². The number of ether oxygens (including phenoxy) is 1. The van der Waals surface area contributed by atoms with Gasteiger partial charge in [0.05, 0.1) is 12.2 Å². The first-order chi connectivity index (χ1) is 18.3. The molecule has 8 heteroatoms. The molecule has 0 atom stereocenters. The van der Waals surface area contributed by atoms with Gasteiger partial charge in [0.25, 0.3) is 0 Å². The molecule has 0 aliphatic rings. The van der Waals surface area contributed by atoms with Crippen LogP contribution in [0.5, 0.6) is 5.88 Å². The lowest BCUT2D eigenvalue weighted by atomic mass is 10.0. The van der Waals surface area contributed by atoms with Gasteiger partial charge in [0.15, 0.2) is 0 Å². The molecule has 208 valence electrons. The molecule has 38 heavy (non-hydrogen) atoms. The minimum absolute atomic E-state index is 0.0246. The van der Waals surface area contributed by atoms with Gasteiger partial charge in [-0.05, 0) is 42.3 Å². The van der Waals surface area contributed by atoms with Gasteiger partial charge in [-0.1, -0.05) is 90.2 Å². The van der Waals surface area contributed by atoms with Gasteiger partial charge in [0.2, 0.25) is 5.88 Å². The molecule has 0 aliphatic heterocycles. The summed E-state index contributed by atoms with van der Waals surface area (Å²) in [4.78, 5) is 17.0. The fourth-order valence-corrected chi connectivity index (χ4v) is 5.17. The third-order valence-electron chi connectivity index (χ3n) is 6.56. The minimum Gasteiger partial charge on any atom is -0.478 e. The number of unbranched alkanes of at least 4 members (excludes halogenated alkanes) is 10. The van der Waals surface area contributed by atoms with Crippen molar-refractivity contribution < 1.29 is 22.3 Å². The van der Waals surface area contributed by atoms with Crippen LogP contribution >= 0.6 is 11.8 Å². The Morgan fingerprint density at radius 3 is 2.16 bits per heavy atom. The molecule has 0 saturated heterocycles. The number of halogens is 3. The lowest BCUT2D eigenvalue weighted by Crippen LogP contribution is -2.06. The normalized spacial score (nSPS) is 11.8. The third kappa shape index (κ3) is 9.68. The van der Waals surface area contributed by atoms with E-state index in [1.165, 1.54) is 76.1 Å². The van der Waals surface area contributed by atoms with Gasteiger partial charge in [-0.25, -0.2) is 9.78 Å². The Morgan fingerprint density at radius 1 is 0.868 bits per heavy atom. The summed E-state index contributed by atoms with van der Waals surface area (Å²) in [6.07, 6.45) is 15.9. The molecule has 0 bridgehead atoms. The van der Waals surface area contributed by atoms with Crippen LogP contribution in [0, 0.1) is 0 Å². The van der Waals surface area contributed by atoms with E-state index in [-0.39, 0.29) is 33.4 Å². The molecular weight excluding hydrogens is 511 g/mol. The zero-order valence-electron chi connectivity index (χ0n) is 22.4. The Hall–Kier alpha value is -2.48. The molecule has 0 radical (unpaired) electrons. The Labute approximate surface area is 227 Å². The Balaban J connectivity index is 1.55. The van der Waals surface area contributed by atoms with Gasteiger partial charge >= 0.3 is 11.1 Å². The summed E-state index contributed by atoms with van der Waals surface area (Å²) in [6, 6.07) is 7.83.